The quantitative estimate of drug-likeness (QED) is 0.770. The van der Waals surface area contributed by atoms with Crippen molar-refractivity contribution in [1.82, 2.24) is 5.32 Å². The summed E-state index contributed by atoms with van der Waals surface area (Å²) in [5.74, 6) is 0.308. The van der Waals surface area contributed by atoms with Crippen LogP contribution in [0.25, 0.3) is 0 Å². The van der Waals surface area contributed by atoms with Crippen LogP contribution in [-0.2, 0) is 9.53 Å². The smallest absolute Gasteiger partial charge is 0.223 e. The molecule has 2 N–H and O–H groups in total. The first-order chi connectivity index (χ1) is 10.6. The van der Waals surface area contributed by atoms with E-state index in [0.717, 1.165) is 12.0 Å². The third-order valence-electron chi connectivity index (χ3n) is 4.28. The Bertz CT molecular complexity index is 532. The molecule has 1 aromatic rings. The van der Waals surface area contributed by atoms with Gasteiger partial charge in [-0.1, -0.05) is 12.1 Å². The van der Waals surface area contributed by atoms with Gasteiger partial charge >= 0.3 is 0 Å². The summed E-state index contributed by atoms with van der Waals surface area (Å²) >= 11 is 0. The van der Waals surface area contributed by atoms with Crippen molar-refractivity contribution in [1.29, 1.82) is 0 Å². The molecule has 0 aliphatic heterocycles. The summed E-state index contributed by atoms with van der Waals surface area (Å²) in [6.07, 6.45) is 2.50. The first kappa shape index (κ1) is 15.4. The fourth-order valence-corrected chi connectivity index (χ4v) is 2.65. The zero-order chi connectivity index (χ0) is 15.5. The predicted octanol–water partition coefficient (Wildman–Crippen LogP) is 1.83. The van der Waals surface area contributed by atoms with Crippen LogP contribution in [0.15, 0.2) is 24.3 Å². The number of ether oxygens (including phenoxy) is 1. The Morgan fingerprint density at radius 3 is 3.00 bits per heavy atom. The van der Waals surface area contributed by atoms with Gasteiger partial charge in [-0.2, -0.15) is 0 Å². The van der Waals surface area contributed by atoms with Crippen molar-refractivity contribution in [2.24, 2.45) is 11.8 Å². The van der Waals surface area contributed by atoms with Gasteiger partial charge < -0.3 is 15.2 Å². The second kappa shape index (κ2) is 6.75. The highest BCUT2D eigenvalue weighted by molar-refractivity contribution is 5.82. The van der Waals surface area contributed by atoms with Crippen molar-refractivity contribution >= 4 is 5.91 Å². The van der Waals surface area contributed by atoms with E-state index < -0.39 is 6.10 Å². The number of halogens is 1. The van der Waals surface area contributed by atoms with E-state index in [9.17, 15) is 14.3 Å². The number of carbonyl (C=O) groups is 1. The van der Waals surface area contributed by atoms with Crippen molar-refractivity contribution < 1.29 is 19.0 Å². The van der Waals surface area contributed by atoms with E-state index in [-0.39, 0.29) is 36.7 Å². The molecule has 2 saturated carbocycles. The lowest BCUT2D eigenvalue weighted by Gasteiger charge is -2.12. The minimum Gasteiger partial charge on any atom is -0.389 e. The Kier molecular flexibility index (Phi) is 4.74. The molecular formula is C17H22FNO3. The number of aliphatic hydroxyl groups excluding tert-OH is 1. The molecule has 1 amide bonds. The molecule has 0 aromatic heterocycles. The topological polar surface area (TPSA) is 58.6 Å². The third kappa shape index (κ3) is 4.27. The maximum atomic E-state index is 13.2. The highest BCUT2D eigenvalue weighted by atomic mass is 19.1. The fourth-order valence-electron chi connectivity index (χ4n) is 2.65. The van der Waals surface area contributed by atoms with E-state index in [1.54, 1.807) is 6.07 Å². The zero-order valence-electron chi connectivity index (χ0n) is 12.5. The molecule has 120 valence electrons. The molecule has 22 heavy (non-hydrogen) atoms. The number of nitrogens with one attached hydrogen (secondary N) is 1. The summed E-state index contributed by atoms with van der Waals surface area (Å²) in [7, 11) is 0. The van der Waals surface area contributed by atoms with Crippen LogP contribution in [0, 0.1) is 17.7 Å². The first-order valence-corrected chi connectivity index (χ1v) is 7.92. The summed E-state index contributed by atoms with van der Waals surface area (Å²) in [5, 5.41) is 12.5. The standard InChI is InChI=1S/C17H22FNO3/c18-13-3-1-2-12(6-13)15-7-16(15)17(21)19-8-14(20)10-22-9-11-4-5-11/h1-3,6,11,14-16,20H,4-5,7-10H2,(H,19,21). The van der Waals surface area contributed by atoms with Crippen molar-refractivity contribution in [3.63, 3.8) is 0 Å². The summed E-state index contributed by atoms with van der Waals surface area (Å²) in [6, 6.07) is 6.40. The highest BCUT2D eigenvalue weighted by Gasteiger charge is 2.43. The van der Waals surface area contributed by atoms with Gasteiger partial charge in [0.15, 0.2) is 0 Å². The second-order valence-electron chi connectivity index (χ2n) is 6.38. The van der Waals surface area contributed by atoms with E-state index in [0.29, 0.717) is 12.5 Å². The fraction of sp³-hybridized carbons (Fsp3) is 0.588. The number of benzene rings is 1. The van der Waals surface area contributed by atoms with Gasteiger partial charge in [0.2, 0.25) is 5.91 Å². The van der Waals surface area contributed by atoms with Gasteiger partial charge in [0.05, 0.1) is 12.7 Å². The van der Waals surface area contributed by atoms with Gasteiger partial charge in [-0.05, 0) is 48.8 Å². The summed E-state index contributed by atoms with van der Waals surface area (Å²) in [4.78, 5) is 12.0. The van der Waals surface area contributed by atoms with Gasteiger partial charge in [-0.25, -0.2) is 4.39 Å². The van der Waals surface area contributed by atoms with Crippen LogP contribution in [0.4, 0.5) is 4.39 Å². The lowest BCUT2D eigenvalue weighted by Crippen LogP contribution is -2.35. The second-order valence-corrected chi connectivity index (χ2v) is 6.38. The van der Waals surface area contributed by atoms with Crippen molar-refractivity contribution in [3.05, 3.63) is 35.6 Å². The molecule has 5 heteroatoms. The molecular weight excluding hydrogens is 285 g/mol. The van der Waals surface area contributed by atoms with Gasteiger partial charge in [0.25, 0.3) is 0 Å². The molecule has 1 aromatic carbocycles. The maximum Gasteiger partial charge on any atom is 0.223 e. The molecule has 0 spiro atoms. The van der Waals surface area contributed by atoms with E-state index in [4.69, 9.17) is 4.74 Å². The average Bonchev–Trinajstić information content (AvgIpc) is 3.37. The molecule has 2 aliphatic rings. The SMILES string of the molecule is O=C(NCC(O)COCC1CC1)C1CC1c1cccc(F)c1. The normalized spacial score (nSPS) is 24.8. The van der Waals surface area contributed by atoms with Gasteiger partial charge in [-0.3, -0.25) is 4.79 Å². The van der Waals surface area contributed by atoms with Crippen molar-refractivity contribution in [3.8, 4) is 0 Å². The first-order valence-electron chi connectivity index (χ1n) is 7.92. The van der Waals surface area contributed by atoms with Crippen LogP contribution < -0.4 is 5.32 Å². The molecule has 0 saturated heterocycles. The molecule has 3 rings (SSSR count). The number of rotatable bonds is 8. The van der Waals surface area contributed by atoms with Crippen LogP contribution in [0.5, 0.6) is 0 Å². The lowest BCUT2D eigenvalue weighted by atomic mass is 10.1. The van der Waals surface area contributed by atoms with Crippen molar-refractivity contribution in [2.75, 3.05) is 19.8 Å². The summed E-state index contributed by atoms with van der Waals surface area (Å²) < 4.78 is 18.6. The van der Waals surface area contributed by atoms with Gasteiger partial charge in [-0.15, -0.1) is 0 Å². The van der Waals surface area contributed by atoms with Gasteiger partial charge in [0, 0.05) is 19.1 Å². The van der Waals surface area contributed by atoms with Gasteiger partial charge in [0.1, 0.15) is 5.82 Å². The monoisotopic (exact) mass is 307 g/mol. The molecule has 0 bridgehead atoms. The van der Waals surface area contributed by atoms with E-state index in [1.807, 2.05) is 6.07 Å². The predicted molar refractivity (Wildman–Crippen MR) is 79.8 cm³/mol. The summed E-state index contributed by atoms with van der Waals surface area (Å²) in [6.45, 7) is 1.17. The van der Waals surface area contributed by atoms with Crippen LogP contribution >= 0.6 is 0 Å². The number of hydrogen-bond donors (Lipinski definition) is 2. The minimum absolute atomic E-state index is 0.0736. The van der Waals surface area contributed by atoms with E-state index >= 15 is 0 Å². The molecule has 3 atom stereocenters. The summed E-state index contributed by atoms with van der Waals surface area (Å²) in [5.41, 5.74) is 0.869. The maximum absolute atomic E-state index is 13.2. The Labute approximate surface area is 129 Å². The van der Waals surface area contributed by atoms with Crippen molar-refractivity contribution in [2.45, 2.75) is 31.3 Å². The molecule has 2 aliphatic carbocycles. The van der Waals surface area contributed by atoms with E-state index in [1.165, 1.54) is 25.0 Å². The molecule has 2 fully saturated rings. The Morgan fingerprint density at radius 2 is 2.27 bits per heavy atom. The lowest BCUT2D eigenvalue weighted by molar-refractivity contribution is -0.123. The Morgan fingerprint density at radius 1 is 1.45 bits per heavy atom. The Balaban J connectivity index is 1.36. The number of hydrogen-bond acceptors (Lipinski definition) is 3. The van der Waals surface area contributed by atoms with E-state index in [2.05, 4.69) is 5.32 Å². The van der Waals surface area contributed by atoms with Crippen LogP contribution in [0.1, 0.15) is 30.7 Å². The van der Waals surface area contributed by atoms with Crippen LogP contribution in [0.2, 0.25) is 0 Å². The van der Waals surface area contributed by atoms with Crippen LogP contribution in [-0.4, -0.2) is 36.9 Å². The number of aliphatic hydroxyl groups is 1. The average molecular weight is 307 g/mol. The molecule has 0 heterocycles. The van der Waals surface area contributed by atoms with Crippen LogP contribution in [0.3, 0.4) is 0 Å². The molecule has 4 nitrogen and oxygen atoms in total. The minimum atomic E-state index is -0.672. The number of carbonyl (C=O) groups excluding carboxylic acids is 1. The third-order valence-corrected chi connectivity index (χ3v) is 4.28. The largest absolute Gasteiger partial charge is 0.389 e. The zero-order valence-corrected chi connectivity index (χ0v) is 12.5. The molecule has 3 unspecified atom stereocenters. The number of amides is 1. The highest BCUT2D eigenvalue weighted by Crippen LogP contribution is 2.47. The Hall–Kier alpha value is -1.46. The molecule has 0 radical (unpaired) electrons.